The maximum absolute atomic E-state index is 14.0. The Bertz CT molecular complexity index is 451. The van der Waals surface area contributed by atoms with Gasteiger partial charge in [-0.05, 0) is 43.9 Å². The number of aliphatic hydroxyl groups is 1. The van der Waals surface area contributed by atoms with Crippen LogP contribution in [0.5, 0.6) is 5.75 Å². The van der Waals surface area contributed by atoms with Gasteiger partial charge in [0.05, 0.1) is 12.7 Å². The van der Waals surface area contributed by atoms with E-state index < -0.39 is 5.60 Å². The minimum Gasteiger partial charge on any atom is -0.497 e. The summed E-state index contributed by atoms with van der Waals surface area (Å²) in [7, 11) is 1.55. The molecule has 98 valence electrons. The smallest absolute Gasteiger partial charge is 0.129 e. The highest BCUT2D eigenvalue weighted by Crippen LogP contribution is 2.42. The van der Waals surface area contributed by atoms with Gasteiger partial charge in [-0.3, -0.25) is 0 Å². The number of hydrogen-bond donors (Lipinski definition) is 2. The van der Waals surface area contributed by atoms with Crippen LogP contribution in [0.1, 0.15) is 31.2 Å². The Morgan fingerprint density at radius 2 is 2.00 bits per heavy atom. The maximum Gasteiger partial charge on any atom is 0.129 e. The summed E-state index contributed by atoms with van der Waals surface area (Å²) in [5.74, 6) is 0.241. The number of hydrogen-bond acceptors (Lipinski definition) is 3. The normalized spacial score (nSPS) is 34.6. The van der Waals surface area contributed by atoms with E-state index in [-0.39, 0.29) is 5.82 Å². The first kappa shape index (κ1) is 11.9. The first-order chi connectivity index (χ1) is 8.60. The standard InChI is InChI=1S/C14H18FNO2/c1-18-11-4-5-13(15)12(6-11)14(17)7-9-2-3-10(8-14)16-9/h4-6,9-10,16-17H,2-3,7-8H2,1H3. The number of rotatable bonds is 2. The monoisotopic (exact) mass is 251 g/mol. The third-order valence-corrected chi connectivity index (χ3v) is 4.18. The third kappa shape index (κ3) is 1.89. The fourth-order valence-corrected chi connectivity index (χ4v) is 3.33. The van der Waals surface area contributed by atoms with E-state index in [0.29, 0.717) is 36.2 Å². The lowest BCUT2D eigenvalue weighted by Gasteiger charge is -2.37. The maximum atomic E-state index is 14.0. The summed E-state index contributed by atoms with van der Waals surface area (Å²) in [6.45, 7) is 0. The van der Waals surface area contributed by atoms with E-state index in [1.165, 1.54) is 6.07 Å². The molecule has 0 radical (unpaired) electrons. The van der Waals surface area contributed by atoms with Gasteiger partial charge in [-0.1, -0.05) is 0 Å². The minimum absolute atomic E-state index is 0.305. The van der Waals surface area contributed by atoms with E-state index >= 15 is 0 Å². The highest BCUT2D eigenvalue weighted by atomic mass is 19.1. The van der Waals surface area contributed by atoms with Gasteiger partial charge in [-0.15, -0.1) is 0 Å². The van der Waals surface area contributed by atoms with E-state index in [1.54, 1.807) is 19.2 Å². The van der Waals surface area contributed by atoms with Crippen molar-refractivity contribution >= 4 is 0 Å². The van der Waals surface area contributed by atoms with Gasteiger partial charge in [0.2, 0.25) is 0 Å². The molecule has 2 bridgehead atoms. The van der Waals surface area contributed by atoms with Gasteiger partial charge >= 0.3 is 0 Å². The second-order valence-corrected chi connectivity index (χ2v) is 5.42. The molecule has 1 aromatic carbocycles. The van der Waals surface area contributed by atoms with Gasteiger partial charge < -0.3 is 15.2 Å². The molecular formula is C14H18FNO2. The Hall–Kier alpha value is -1.13. The zero-order chi connectivity index (χ0) is 12.8. The van der Waals surface area contributed by atoms with Crippen molar-refractivity contribution in [3.05, 3.63) is 29.6 Å². The van der Waals surface area contributed by atoms with Crippen LogP contribution < -0.4 is 10.1 Å². The summed E-state index contributed by atoms with van der Waals surface area (Å²) in [5, 5.41) is 14.2. The molecule has 0 spiro atoms. The van der Waals surface area contributed by atoms with Crippen molar-refractivity contribution in [2.75, 3.05) is 7.11 Å². The van der Waals surface area contributed by atoms with Crippen LogP contribution >= 0.6 is 0 Å². The summed E-state index contributed by atoms with van der Waals surface area (Å²) in [4.78, 5) is 0. The van der Waals surface area contributed by atoms with Gasteiger partial charge in [0.15, 0.2) is 0 Å². The summed E-state index contributed by atoms with van der Waals surface area (Å²) < 4.78 is 19.1. The molecule has 1 aromatic rings. The highest BCUT2D eigenvalue weighted by molar-refractivity contribution is 5.34. The Morgan fingerprint density at radius 3 is 2.61 bits per heavy atom. The summed E-state index contributed by atoms with van der Waals surface area (Å²) in [6, 6.07) is 5.19. The van der Waals surface area contributed by atoms with Crippen LogP contribution in [0.2, 0.25) is 0 Å². The van der Waals surface area contributed by atoms with Crippen molar-refractivity contribution in [3.8, 4) is 5.75 Å². The zero-order valence-electron chi connectivity index (χ0n) is 10.4. The van der Waals surface area contributed by atoms with Crippen molar-refractivity contribution in [2.45, 2.75) is 43.4 Å². The van der Waals surface area contributed by atoms with Crippen molar-refractivity contribution < 1.29 is 14.2 Å². The molecule has 4 heteroatoms. The molecule has 2 aliphatic heterocycles. The second kappa shape index (κ2) is 4.21. The lowest BCUT2D eigenvalue weighted by atomic mass is 9.81. The molecule has 2 fully saturated rings. The number of nitrogens with one attached hydrogen (secondary N) is 1. The Kier molecular flexibility index (Phi) is 2.79. The lowest BCUT2D eigenvalue weighted by molar-refractivity contribution is -0.0145. The van der Waals surface area contributed by atoms with Crippen LogP contribution in [0.4, 0.5) is 4.39 Å². The molecule has 2 atom stereocenters. The number of methoxy groups -OCH3 is 1. The number of piperidine rings is 1. The molecule has 2 aliphatic rings. The molecule has 0 aromatic heterocycles. The van der Waals surface area contributed by atoms with Gasteiger partial charge in [0.1, 0.15) is 11.6 Å². The Morgan fingerprint density at radius 1 is 1.33 bits per heavy atom. The van der Waals surface area contributed by atoms with Crippen LogP contribution in [-0.4, -0.2) is 24.3 Å². The largest absolute Gasteiger partial charge is 0.497 e. The quantitative estimate of drug-likeness (QED) is 0.844. The zero-order valence-corrected chi connectivity index (χ0v) is 10.4. The summed E-state index contributed by atoms with van der Waals surface area (Å²) >= 11 is 0. The van der Waals surface area contributed by atoms with E-state index in [0.717, 1.165) is 12.8 Å². The number of benzene rings is 1. The van der Waals surface area contributed by atoms with Crippen molar-refractivity contribution in [3.63, 3.8) is 0 Å². The van der Waals surface area contributed by atoms with E-state index in [1.807, 2.05) is 0 Å². The second-order valence-electron chi connectivity index (χ2n) is 5.42. The average molecular weight is 251 g/mol. The van der Waals surface area contributed by atoms with Crippen molar-refractivity contribution in [1.82, 2.24) is 5.32 Å². The number of fused-ring (bicyclic) bond motifs is 2. The predicted octanol–water partition coefficient (Wildman–Crippen LogP) is 1.94. The first-order valence-corrected chi connectivity index (χ1v) is 6.43. The summed E-state index contributed by atoms with van der Waals surface area (Å²) in [5.41, 5.74) is -0.685. The SMILES string of the molecule is COc1ccc(F)c(C2(O)CC3CCC(C2)N3)c1. The summed E-state index contributed by atoms with van der Waals surface area (Å²) in [6.07, 6.45) is 3.29. The van der Waals surface area contributed by atoms with Gasteiger partial charge in [0.25, 0.3) is 0 Å². The van der Waals surface area contributed by atoms with Crippen LogP contribution in [0.3, 0.4) is 0 Å². The molecule has 0 saturated carbocycles. The number of ether oxygens (including phenoxy) is 1. The topological polar surface area (TPSA) is 41.5 Å². The van der Waals surface area contributed by atoms with E-state index in [4.69, 9.17) is 4.74 Å². The lowest BCUT2D eigenvalue weighted by Crippen LogP contribution is -2.47. The molecule has 2 heterocycles. The number of halogens is 1. The Balaban J connectivity index is 1.98. The molecular weight excluding hydrogens is 233 g/mol. The fourth-order valence-electron chi connectivity index (χ4n) is 3.33. The molecule has 2 N–H and O–H groups in total. The first-order valence-electron chi connectivity index (χ1n) is 6.43. The molecule has 0 aliphatic carbocycles. The van der Waals surface area contributed by atoms with Gasteiger partial charge in [0, 0.05) is 17.6 Å². The van der Waals surface area contributed by atoms with Crippen molar-refractivity contribution in [1.29, 1.82) is 0 Å². The molecule has 3 nitrogen and oxygen atoms in total. The van der Waals surface area contributed by atoms with E-state index in [9.17, 15) is 9.50 Å². The van der Waals surface area contributed by atoms with Gasteiger partial charge in [-0.2, -0.15) is 0 Å². The minimum atomic E-state index is -1.06. The van der Waals surface area contributed by atoms with Crippen LogP contribution in [0.25, 0.3) is 0 Å². The highest BCUT2D eigenvalue weighted by Gasteiger charge is 2.44. The predicted molar refractivity (Wildman–Crippen MR) is 66.0 cm³/mol. The van der Waals surface area contributed by atoms with Crippen LogP contribution in [0.15, 0.2) is 18.2 Å². The van der Waals surface area contributed by atoms with Gasteiger partial charge in [-0.25, -0.2) is 4.39 Å². The van der Waals surface area contributed by atoms with Crippen LogP contribution in [0, 0.1) is 5.82 Å². The van der Waals surface area contributed by atoms with E-state index in [2.05, 4.69) is 5.32 Å². The molecule has 0 amide bonds. The van der Waals surface area contributed by atoms with Crippen molar-refractivity contribution in [2.24, 2.45) is 0 Å². The Labute approximate surface area is 106 Å². The molecule has 2 unspecified atom stereocenters. The van der Waals surface area contributed by atoms with Crippen LogP contribution in [-0.2, 0) is 5.60 Å². The fraction of sp³-hybridized carbons (Fsp3) is 0.571. The molecule has 18 heavy (non-hydrogen) atoms. The third-order valence-electron chi connectivity index (χ3n) is 4.18. The molecule has 2 saturated heterocycles. The molecule has 3 rings (SSSR count). The average Bonchev–Trinajstić information content (AvgIpc) is 2.70.